The molecule has 0 bridgehead atoms. The average molecular weight is 536 g/mol. The quantitative estimate of drug-likeness (QED) is 0.372. The summed E-state index contributed by atoms with van der Waals surface area (Å²) in [7, 11) is 1.63. The van der Waals surface area contributed by atoms with Crippen LogP contribution in [-0.2, 0) is 9.59 Å². The topological polar surface area (TPSA) is 70.7 Å². The Labute approximate surface area is 236 Å². The van der Waals surface area contributed by atoms with Crippen LogP contribution in [-0.4, -0.2) is 36.4 Å². The summed E-state index contributed by atoms with van der Waals surface area (Å²) in [4.78, 5) is 29.3. The molecular formula is C34H37N3O3. The highest BCUT2D eigenvalue weighted by atomic mass is 16.5. The van der Waals surface area contributed by atoms with Crippen LogP contribution in [0, 0.1) is 11.8 Å². The third kappa shape index (κ3) is 5.23. The van der Waals surface area contributed by atoms with E-state index in [1.165, 1.54) is 11.1 Å². The Morgan fingerprint density at radius 3 is 2.48 bits per heavy atom. The number of benzene rings is 3. The van der Waals surface area contributed by atoms with Crippen molar-refractivity contribution < 1.29 is 14.3 Å². The Balaban J connectivity index is 1.20. The minimum atomic E-state index is -0.206. The molecule has 6 heteroatoms. The van der Waals surface area contributed by atoms with Gasteiger partial charge in [-0.25, -0.2) is 0 Å². The van der Waals surface area contributed by atoms with Gasteiger partial charge in [0.05, 0.1) is 25.1 Å². The number of nitrogens with zero attached hydrogens (tertiary/aromatic N) is 1. The third-order valence-corrected chi connectivity index (χ3v) is 8.86. The SMILES string of the molecule is COc1ccc(/C=C/C(=O)NC2CCCC[C@@H]2C(=O)N2CC[C@@H]3[C@H](c4ccccc4)Nc4ccccc4[C@@H]32)cc1. The van der Waals surface area contributed by atoms with Gasteiger partial charge in [0.15, 0.2) is 0 Å². The van der Waals surface area contributed by atoms with Gasteiger partial charge in [0.2, 0.25) is 11.8 Å². The second-order valence-corrected chi connectivity index (χ2v) is 11.2. The lowest BCUT2D eigenvalue weighted by molar-refractivity contribution is -0.139. The number of ether oxygens (including phenoxy) is 1. The van der Waals surface area contributed by atoms with Gasteiger partial charge in [-0.1, -0.05) is 73.5 Å². The number of likely N-dealkylation sites (tertiary alicyclic amines) is 1. The van der Waals surface area contributed by atoms with Crippen molar-refractivity contribution in [3.05, 3.63) is 102 Å². The standard InChI is InChI=1S/C34H37N3O3/c1-40-25-18-15-23(16-19-25)17-20-31(38)35-30-14-8-6-12-27(30)34(39)37-22-21-28-32(24-9-3-2-4-10-24)36-29-13-7-5-11-26(29)33(28)37/h2-5,7,9-11,13,15-20,27-28,30,32-33,36H,6,8,12,14,21-22H2,1H3,(H,35,38)/b20-17+/t27-,28+,30?,32-,33-/m0/s1. The summed E-state index contributed by atoms with van der Waals surface area (Å²) in [5.41, 5.74) is 4.49. The summed E-state index contributed by atoms with van der Waals surface area (Å²) >= 11 is 0. The van der Waals surface area contributed by atoms with Crippen molar-refractivity contribution in [2.45, 2.75) is 50.2 Å². The molecule has 206 valence electrons. The Bertz CT molecular complexity index is 1370. The molecule has 2 amide bonds. The van der Waals surface area contributed by atoms with E-state index in [1.807, 2.05) is 30.3 Å². The second-order valence-electron chi connectivity index (χ2n) is 11.2. The normalized spacial score (nSPS) is 25.5. The number of carbonyl (C=O) groups is 2. The van der Waals surface area contributed by atoms with Crippen LogP contribution in [0.15, 0.2) is 84.9 Å². The Morgan fingerprint density at radius 2 is 1.68 bits per heavy atom. The monoisotopic (exact) mass is 535 g/mol. The van der Waals surface area contributed by atoms with Crippen LogP contribution in [0.1, 0.15) is 60.9 Å². The van der Waals surface area contributed by atoms with E-state index in [0.717, 1.165) is 55.6 Å². The highest BCUT2D eigenvalue weighted by Crippen LogP contribution is 2.51. The molecule has 3 aromatic rings. The summed E-state index contributed by atoms with van der Waals surface area (Å²) in [6, 6.07) is 26.6. The lowest BCUT2D eigenvalue weighted by Crippen LogP contribution is -2.49. The average Bonchev–Trinajstić information content (AvgIpc) is 3.46. The number of hydrogen-bond donors (Lipinski definition) is 2. The van der Waals surface area contributed by atoms with E-state index in [0.29, 0.717) is 5.92 Å². The second kappa shape index (κ2) is 11.6. The van der Waals surface area contributed by atoms with Crippen molar-refractivity contribution in [3.8, 4) is 5.75 Å². The van der Waals surface area contributed by atoms with E-state index in [-0.39, 0.29) is 35.9 Å². The van der Waals surface area contributed by atoms with E-state index in [9.17, 15) is 9.59 Å². The van der Waals surface area contributed by atoms with Gasteiger partial charge in [-0.2, -0.15) is 0 Å². The van der Waals surface area contributed by atoms with E-state index in [2.05, 4.69) is 64.1 Å². The predicted molar refractivity (Wildman–Crippen MR) is 158 cm³/mol. The summed E-state index contributed by atoms with van der Waals surface area (Å²) in [5, 5.41) is 6.96. The highest BCUT2D eigenvalue weighted by Gasteiger charge is 2.48. The zero-order valence-corrected chi connectivity index (χ0v) is 23.0. The van der Waals surface area contributed by atoms with Gasteiger partial charge in [-0.3, -0.25) is 9.59 Å². The first-order valence-corrected chi connectivity index (χ1v) is 14.5. The number of anilines is 1. The fourth-order valence-electron chi connectivity index (χ4n) is 6.89. The molecule has 1 saturated carbocycles. The number of rotatable bonds is 6. The number of carbonyl (C=O) groups excluding carboxylic acids is 2. The number of fused-ring (bicyclic) bond motifs is 3. The largest absolute Gasteiger partial charge is 0.497 e. The minimum absolute atomic E-state index is 0.0309. The molecule has 40 heavy (non-hydrogen) atoms. The Kier molecular flexibility index (Phi) is 7.58. The number of amides is 2. The fourth-order valence-corrected chi connectivity index (χ4v) is 6.89. The first-order chi connectivity index (χ1) is 19.6. The summed E-state index contributed by atoms with van der Waals surface area (Å²) in [6.45, 7) is 0.738. The maximum absolute atomic E-state index is 14.3. The number of hydrogen-bond acceptors (Lipinski definition) is 4. The van der Waals surface area contributed by atoms with Crippen LogP contribution in [0.2, 0.25) is 0 Å². The predicted octanol–water partition coefficient (Wildman–Crippen LogP) is 6.14. The molecule has 1 aliphatic carbocycles. The smallest absolute Gasteiger partial charge is 0.244 e. The van der Waals surface area contributed by atoms with Crippen LogP contribution in [0.25, 0.3) is 6.08 Å². The van der Waals surface area contributed by atoms with Crippen molar-refractivity contribution >= 4 is 23.6 Å². The summed E-state index contributed by atoms with van der Waals surface area (Å²) < 4.78 is 5.21. The summed E-state index contributed by atoms with van der Waals surface area (Å²) in [5.74, 6) is 0.894. The molecule has 1 unspecified atom stereocenters. The first-order valence-electron chi connectivity index (χ1n) is 14.5. The molecule has 2 N–H and O–H groups in total. The van der Waals surface area contributed by atoms with Crippen molar-refractivity contribution in [2.24, 2.45) is 11.8 Å². The van der Waals surface area contributed by atoms with Crippen LogP contribution in [0.4, 0.5) is 5.69 Å². The van der Waals surface area contributed by atoms with E-state index in [4.69, 9.17) is 4.74 Å². The molecular weight excluding hydrogens is 498 g/mol. The fraction of sp³-hybridized carbons (Fsp3) is 0.353. The van der Waals surface area contributed by atoms with Gasteiger partial charge in [-0.15, -0.1) is 0 Å². The third-order valence-electron chi connectivity index (χ3n) is 8.86. The maximum Gasteiger partial charge on any atom is 0.244 e. The van der Waals surface area contributed by atoms with Crippen molar-refractivity contribution in [3.63, 3.8) is 0 Å². The van der Waals surface area contributed by atoms with Gasteiger partial charge in [0.1, 0.15) is 5.75 Å². The van der Waals surface area contributed by atoms with E-state index >= 15 is 0 Å². The zero-order valence-electron chi connectivity index (χ0n) is 23.0. The van der Waals surface area contributed by atoms with Gasteiger partial charge in [-0.05, 0) is 60.2 Å². The van der Waals surface area contributed by atoms with Crippen LogP contribution >= 0.6 is 0 Å². The first kappa shape index (κ1) is 26.2. The Morgan fingerprint density at radius 1 is 0.925 bits per heavy atom. The number of para-hydroxylation sites is 1. The van der Waals surface area contributed by atoms with Crippen LogP contribution < -0.4 is 15.4 Å². The minimum Gasteiger partial charge on any atom is -0.497 e. The van der Waals surface area contributed by atoms with Crippen molar-refractivity contribution in [2.75, 3.05) is 19.0 Å². The molecule has 0 spiro atoms. The molecule has 0 aromatic heterocycles. The van der Waals surface area contributed by atoms with Gasteiger partial charge in [0, 0.05) is 30.3 Å². The highest BCUT2D eigenvalue weighted by molar-refractivity contribution is 5.92. The molecule has 6 rings (SSSR count). The van der Waals surface area contributed by atoms with Gasteiger partial charge >= 0.3 is 0 Å². The van der Waals surface area contributed by atoms with Crippen molar-refractivity contribution in [1.82, 2.24) is 10.2 Å². The summed E-state index contributed by atoms with van der Waals surface area (Å²) in [6.07, 6.45) is 7.98. The molecule has 1 saturated heterocycles. The maximum atomic E-state index is 14.3. The molecule has 3 aromatic carbocycles. The molecule has 0 radical (unpaired) electrons. The number of nitrogens with one attached hydrogen (secondary N) is 2. The molecule has 6 nitrogen and oxygen atoms in total. The lowest BCUT2D eigenvalue weighted by atomic mass is 9.79. The molecule has 3 aliphatic rings. The lowest BCUT2D eigenvalue weighted by Gasteiger charge is -2.42. The number of methoxy groups -OCH3 is 1. The molecule has 2 heterocycles. The zero-order chi connectivity index (χ0) is 27.5. The van der Waals surface area contributed by atoms with Gasteiger partial charge < -0.3 is 20.3 Å². The van der Waals surface area contributed by atoms with Crippen LogP contribution in [0.5, 0.6) is 5.75 Å². The Hall–Kier alpha value is -4.06. The van der Waals surface area contributed by atoms with Crippen molar-refractivity contribution in [1.29, 1.82) is 0 Å². The molecule has 2 aliphatic heterocycles. The molecule has 2 fully saturated rings. The van der Waals surface area contributed by atoms with E-state index in [1.54, 1.807) is 19.3 Å². The van der Waals surface area contributed by atoms with E-state index < -0.39 is 0 Å². The molecule has 5 atom stereocenters. The van der Waals surface area contributed by atoms with Gasteiger partial charge in [0.25, 0.3) is 0 Å². The van der Waals surface area contributed by atoms with Crippen LogP contribution in [0.3, 0.4) is 0 Å².